The van der Waals surface area contributed by atoms with Crippen LogP contribution in [0, 0.1) is 34.9 Å². The van der Waals surface area contributed by atoms with Gasteiger partial charge in [0.1, 0.15) is 5.82 Å². The first kappa shape index (κ1) is 14.9. The van der Waals surface area contributed by atoms with Gasteiger partial charge in [-0.2, -0.15) is 0 Å². The minimum atomic E-state index is -2.39. The van der Waals surface area contributed by atoms with Crippen LogP contribution in [0.15, 0.2) is 18.2 Å². The van der Waals surface area contributed by atoms with Gasteiger partial charge in [-0.1, -0.05) is 0 Å². The highest BCUT2D eigenvalue weighted by molar-refractivity contribution is 5.89. The summed E-state index contributed by atoms with van der Waals surface area (Å²) in [7, 11) is 0. The molecule has 0 saturated heterocycles. The lowest BCUT2D eigenvalue weighted by Crippen LogP contribution is -2.06. The SMILES string of the molecule is O=C(O)c1ccc(F)c(-c2c(F)c(F)c(F)c(F)c2F)c1. The molecule has 8 heteroatoms. The molecule has 0 bridgehead atoms. The van der Waals surface area contributed by atoms with Crippen molar-refractivity contribution in [2.45, 2.75) is 0 Å². The minimum absolute atomic E-state index is 0.482. The molecule has 0 atom stereocenters. The first-order valence-electron chi connectivity index (χ1n) is 5.30. The Kier molecular flexibility index (Phi) is 3.63. The van der Waals surface area contributed by atoms with Crippen LogP contribution < -0.4 is 0 Å². The van der Waals surface area contributed by atoms with Crippen LogP contribution in [0.1, 0.15) is 10.4 Å². The molecule has 0 amide bonds. The summed E-state index contributed by atoms with van der Waals surface area (Å²) >= 11 is 0. The highest BCUT2D eigenvalue weighted by atomic mass is 19.2. The Hall–Kier alpha value is -2.51. The number of carboxylic acid groups (broad SMARTS) is 1. The summed E-state index contributed by atoms with van der Waals surface area (Å²) in [6, 6.07) is 1.82. The fourth-order valence-electron chi connectivity index (χ4n) is 1.69. The quantitative estimate of drug-likeness (QED) is 0.519. The van der Waals surface area contributed by atoms with Crippen LogP contribution in [0.4, 0.5) is 26.3 Å². The molecule has 2 aromatic carbocycles. The van der Waals surface area contributed by atoms with E-state index in [0.717, 1.165) is 6.07 Å². The highest BCUT2D eigenvalue weighted by Crippen LogP contribution is 2.33. The van der Waals surface area contributed by atoms with Crippen molar-refractivity contribution in [2.75, 3.05) is 0 Å². The summed E-state index contributed by atoms with van der Waals surface area (Å²) in [5.74, 6) is -14.2. The molecule has 2 rings (SSSR count). The van der Waals surface area contributed by atoms with Crippen molar-refractivity contribution < 1.29 is 36.2 Å². The second-order valence-corrected chi connectivity index (χ2v) is 3.94. The number of halogens is 6. The molecular formula is C13H4F6O2. The summed E-state index contributed by atoms with van der Waals surface area (Å²) in [4.78, 5) is 10.7. The van der Waals surface area contributed by atoms with Gasteiger partial charge >= 0.3 is 5.97 Å². The standard InChI is InChI=1S/C13H4F6O2/c14-6-2-1-4(13(20)21)3-5(6)7-8(15)10(17)12(19)11(18)9(7)16/h1-3H,(H,20,21). The molecule has 0 unspecified atom stereocenters. The van der Waals surface area contributed by atoms with Gasteiger partial charge in [0.15, 0.2) is 23.3 Å². The molecule has 110 valence electrons. The average molecular weight is 306 g/mol. The highest BCUT2D eigenvalue weighted by Gasteiger charge is 2.28. The van der Waals surface area contributed by atoms with E-state index in [0.29, 0.717) is 12.1 Å². The van der Waals surface area contributed by atoms with Crippen LogP contribution in [0.5, 0.6) is 0 Å². The molecule has 1 N–H and O–H groups in total. The molecule has 0 radical (unpaired) electrons. The van der Waals surface area contributed by atoms with Crippen molar-refractivity contribution in [2.24, 2.45) is 0 Å². The number of benzene rings is 2. The molecule has 0 aliphatic rings. The van der Waals surface area contributed by atoms with Gasteiger partial charge in [-0.15, -0.1) is 0 Å². The van der Waals surface area contributed by atoms with E-state index >= 15 is 0 Å². The van der Waals surface area contributed by atoms with Gasteiger partial charge in [-0.25, -0.2) is 31.1 Å². The van der Waals surface area contributed by atoms with Gasteiger partial charge in [0.05, 0.1) is 11.1 Å². The predicted molar refractivity (Wildman–Crippen MR) is 58.6 cm³/mol. The van der Waals surface area contributed by atoms with Gasteiger partial charge in [0, 0.05) is 5.56 Å². The number of carboxylic acids is 1. The van der Waals surface area contributed by atoms with Crippen LogP contribution in [0.2, 0.25) is 0 Å². The Morgan fingerprint density at radius 3 is 1.76 bits per heavy atom. The molecule has 0 spiro atoms. The summed E-state index contributed by atoms with van der Waals surface area (Å²) < 4.78 is 79.8. The lowest BCUT2D eigenvalue weighted by Gasteiger charge is -2.10. The first-order chi connectivity index (χ1) is 9.75. The van der Waals surface area contributed by atoms with Gasteiger partial charge in [0.25, 0.3) is 0 Å². The van der Waals surface area contributed by atoms with Crippen molar-refractivity contribution in [3.05, 3.63) is 58.7 Å². The van der Waals surface area contributed by atoms with Crippen LogP contribution in [-0.4, -0.2) is 11.1 Å². The first-order valence-corrected chi connectivity index (χ1v) is 5.30. The predicted octanol–water partition coefficient (Wildman–Crippen LogP) is 3.89. The van der Waals surface area contributed by atoms with Crippen molar-refractivity contribution in [1.29, 1.82) is 0 Å². The number of carbonyl (C=O) groups is 1. The van der Waals surface area contributed by atoms with Crippen molar-refractivity contribution >= 4 is 5.97 Å². The molecule has 2 aromatic rings. The third-order valence-corrected chi connectivity index (χ3v) is 2.69. The second-order valence-electron chi connectivity index (χ2n) is 3.94. The Morgan fingerprint density at radius 1 is 0.810 bits per heavy atom. The number of rotatable bonds is 2. The van der Waals surface area contributed by atoms with E-state index in [4.69, 9.17) is 5.11 Å². The lowest BCUT2D eigenvalue weighted by atomic mass is 10.0. The molecule has 0 fully saturated rings. The zero-order chi connectivity index (χ0) is 15.9. The van der Waals surface area contributed by atoms with Crippen LogP contribution in [0.25, 0.3) is 11.1 Å². The molecule has 0 aliphatic carbocycles. The van der Waals surface area contributed by atoms with Gasteiger partial charge in [0.2, 0.25) is 5.82 Å². The van der Waals surface area contributed by atoms with E-state index in [2.05, 4.69) is 0 Å². The minimum Gasteiger partial charge on any atom is -0.478 e. The summed E-state index contributed by atoms with van der Waals surface area (Å²) in [5, 5.41) is 8.72. The Balaban J connectivity index is 2.85. The molecular weight excluding hydrogens is 302 g/mol. The van der Waals surface area contributed by atoms with E-state index in [-0.39, 0.29) is 0 Å². The van der Waals surface area contributed by atoms with E-state index in [1.165, 1.54) is 0 Å². The van der Waals surface area contributed by atoms with Crippen molar-refractivity contribution in [3.8, 4) is 11.1 Å². The molecule has 0 heterocycles. The maximum absolute atomic E-state index is 13.6. The molecule has 2 nitrogen and oxygen atoms in total. The zero-order valence-electron chi connectivity index (χ0n) is 9.86. The third kappa shape index (κ3) is 2.32. The average Bonchev–Trinajstić information content (AvgIpc) is 2.45. The topological polar surface area (TPSA) is 37.3 Å². The van der Waals surface area contributed by atoms with Crippen LogP contribution in [-0.2, 0) is 0 Å². The van der Waals surface area contributed by atoms with Crippen LogP contribution in [0.3, 0.4) is 0 Å². The van der Waals surface area contributed by atoms with E-state index in [1.54, 1.807) is 0 Å². The zero-order valence-corrected chi connectivity index (χ0v) is 9.86. The van der Waals surface area contributed by atoms with Gasteiger partial charge in [-0.05, 0) is 18.2 Å². The summed E-state index contributed by atoms with van der Waals surface area (Å²) in [6.45, 7) is 0. The van der Waals surface area contributed by atoms with Crippen molar-refractivity contribution in [1.82, 2.24) is 0 Å². The third-order valence-electron chi connectivity index (χ3n) is 2.69. The molecule has 0 saturated carbocycles. The molecule has 0 aliphatic heterocycles. The number of hydrogen-bond acceptors (Lipinski definition) is 1. The maximum atomic E-state index is 13.6. The molecule has 21 heavy (non-hydrogen) atoms. The van der Waals surface area contributed by atoms with Crippen molar-refractivity contribution in [3.63, 3.8) is 0 Å². The Morgan fingerprint density at radius 2 is 1.29 bits per heavy atom. The summed E-state index contributed by atoms with van der Waals surface area (Å²) in [6.07, 6.45) is 0. The normalized spacial score (nSPS) is 10.8. The number of hydrogen-bond donors (Lipinski definition) is 1. The maximum Gasteiger partial charge on any atom is 0.335 e. The van der Waals surface area contributed by atoms with E-state index in [1.807, 2.05) is 0 Å². The fourth-order valence-corrected chi connectivity index (χ4v) is 1.69. The fraction of sp³-hybridized carbons (Fsp3) is 0. The smallest absolute Gasteiger partial charge is 0.335 e. The Labute approximate surface area is 113 Å². The second kappa shape index (κ2) is 5.12. The largest absolute Gasteiger partial charge is 0.478 e. The summed E-state index contributed by atoms with van der Waals surface area (Å²) in [5.41, 5.74) is -3.13. The monoisotopic (exact) mass is 306 g/mol. The lowest BCUT2D eigenvalue weighted by molar-refractivity contribution is 0.0697. The molecule has 0 aromatic heterocycles. The Bertz CT molecular complexity index is 728. The van der Waals surface area contributed by atoms with Gasteiger partial charge in [-0.3, -0.25) is 0 Å². The van der Waals surface area contributed by atoms with E-state index < -0.39 is 57.6 Å². The number of aromatic carboxylic acids is 1. The van der Waals surface area contributed by atoms with Crippen LogP contribution >= 0.6 is 0 Å². The van der Waals surface area contributed by atoms with E-state index in [9.17, 15) is 31.1 Å². The van der Waals surface area contributed by atoms with Gasteiger partial charge < -0.3 is 5.11 Å².